The molecule has 11 rings (SSSR count). The van der Waals surface area contributed by atoms with E-state index in [4.69, 9.17) is 0 Å². The van der Waals surface area contributed by atoms with Crippen molar-refractivity contribution in [3.05, 3.63) is 249 Å². The van der Waals surface area contributed by atoms with Crippen LogP contribution in [0.3, 0.4) is 0 Å². The molecule has 0 fully saturated rings. The maximum Gasteiger partial charge on any atom is 0.0645 e. The number of rotatable bonds is 8. The molecular formula is C60H41N. The van der Waals surface area contributed by atoms with Crippen LogP contribution in [0.25, 0.3) is 88.0 Å². The highest BCUT2D eigenvalue weighted by Gasteiger charge is 2.20. The van der Waals surface area contributed by atoms with E-state index in [9.17, 15) is 9.60 Å². The van der Waals surface area contributed by atoms with Crippen LogP contribution in [-0.4, -0.2) is 0 Å². The summed E-state index contributed by atoms with van der Waals surface area (Å²) >= 11 is 0. The highest BCUT2D eigenvalue weighted by Crippen LogP contribution is 2.45. The highest BCUT2D eigenvalue weighted by molar-refractivity contribution is 6.08. The van der Waals surface area contributed by atoms with Crippen molar-refractivity contribution in [2.75, 3.05) is 4.90 Å². The van der Waals surface area contributed by atoms with E-state index in [0.29, 0.717) is 27.9 Å². The van der Waals surface area contributed by atoms with Crippen molar-refractivity contribution in [3.63, 3.8) is 0 Å². The second-order valence-electron chi connectivity index (χ2n) is 15.1. The lowest BCUT2D eigenvalue weighted by molar-refractivity contribution is 1.28. The summed E-state index contributed by atoms with van der Waals surface area (Å²) in [5, 5.41) is 6.46. The van der Waals surface area contributed by atoms with Gasteiger partial charge in [0.25, 0.3) is 0 Å². The van der Waals surface area contributed by atoms with Crippen molar-refractivity contribution >= 4 is 49.4 Å². The third-order valence-corrected chi connectivity index (χ3v) is 11.4. The lowest BCUT2D eigenvalue weighted by Crippen LogP contribution is -2.11. The van der Waals surface area contributed by atoms with E-state index in [1.54, 1.807) is 4.90 Å². The fourth-order valence-electron chi connectivity index (χ4n) is 8.44. The first-order valence-electron chi connectivity index (χ1n) is 23.9. The molecule has 0 heterocycles. The van der Waals surface area contributed by atoms with Gasteiger partial charge in [0.2, 0.25) is 0 Å². The standard InChI is InChI=1S/C60H41N/c1-4-14-42(15-5-1)50-32-39-59(58(41-50)44-16-6-2-7-17-44)61(52-33-26-43(27-34-52)49-31-37-55-51(40-49)25-24-45-18-10-12-22-54(45)55)53-35-28-47(29-36-53)57-38-30-46-19-11-13-23-56(46)60(57)48-20-8-3-9-21-48/h1-41H/i28D,29D,32D,35D,36D,39D,41D. The molecule has 0 N–H and O–H groups in total. The van der Waals surface area contributed by atoms with Gasteiger partial charge < -0.3 is 4.90 Å². The van der Waals surface area contributed by atoms with Crippen LogP contribution in [0, 0.1) is 0 Å². The van der Waals surface area contributed by atoms with E-state index in [2.05, 4.69) is 42.5 Å². The van der Waals surface area contributed by atoms with Crippen molar-refractivity contribution in [3.8, 4) is 55.6 Å². The smallest absolute Gasteiger partial charge is 0.0645 e. The summed E-state index contributed by atoms with van der Waals surface area (Å²) in [6.07, 6.45) is 0. The summed E-state index contributed by atoms with van der Waals surface area (Å²) < 4.78 is 68.9. The summed E-state index contributed by atoms with van der Waals surface area (Å²) in [7, 11) is 0. The van der Waals surface area contributed by atoms with E-state index in [1.165, 1.54) is 10.8 Å². The highest BCUT2D eigenvalue weighted by atomic mass is 15.1. The molecule has 1 heteroatoms. The molecule has 286 valence electrons. The van der Waals surface area contributed by atoms with Crippen molar-refractivity contribution < 1.29 is 9.60 Å². The molecule has 61 heavy (non-hydrogen) atoms. The molecular weight excluding hydrogens is 735 g/mol. The molecule has 0 aromatic heterocycles. The van der Waals surface area contributed by atoms with Crippen molar-refractivity contribution in [2.45, 2.75) is 0 Å². The number of nitrogens with zero attached hydrogens (tertiary/aromatic N) is 1. The summed E-state index contributed by atoms with van der Waals surface area (Å²) in [4.78, 5) is 1.56. The monoisotopic (exact) mass is 782 g/mol. The first-order chi connectivity index (χ1) is 33.2. The number of fused-ring (bicyclic) bond motifs is 4. The zero-order valence-electron chi connectivity index (χ0n) is 40.1. The van der Waals surface area contributed by atoms with Crippen LogP contribution < -0.4 is 4.90 Å². The average molecular weight is 783 g/mol. The Hall–Kier alpha value is -8.00. The first-order valence-corrected chi connectivity index (χ1v) is 20.4. The van der Waals surface area contributed by atoms with E-state index >= 15 is 0 Å². The van der Waals surface area contributed by atoms with Gasteiger partial charge in [-0.05, 0) is 125 Å². The predicted octanol–water partition coefficient (Wildman–Crippen LogP) is 17.0. The van der Waals surface area contributed by atoms with Gasteiger partial charge in [-0.3, -0.25) is 0 Å². The van der Waals surface area contributed by atoms with E-state index in [1.807, 2.05) is 164 Å². The zero-order chi connectivity index (χ0) is 46.6. The van der Waals surface area contributed by atoms with E-state index in [-0.39, 0.29) is 64.8 Å². The summed E-state index contributed by atoms with van der Waals surface area (Å²) in [6, 6.07) is 64.9. The summed E-state index contributed by atoms with van der Waals surface area (Å²) in [5.74, 6) is 0. The van der Waals surface area contributed by atoms with E-state index in [0.717, 1.165) is 43.8 Å². The Balaban J connectivity index is 1.17. The number of hydrogen-bond donors (Lipinski definition) is 0. The largest absolute Gasteiger partial charge is 0.310 e. The van der Waals surface area contributed by atoms with Gasteiger partial charge in [-0.1, -0.05) is 206 Å². The van der Waals surface area contributed by atoms with Crippen LogP contribution in [0.5, 0.6) is 0 Å². The Morgan fingerprint density at radius 1 is 0.295 bits per heavy atom. The molecule has 0 radical (unpaired) electrons. The molecule has 0 spiro atoms. The predicted molar refractivity (Wildman–Crippen MR) is 261 cm³/mol. The number of hydrogen-bond acceptors (Lipinski definition) is 1. The van der Waals surface area contributed by atoms with Gasteiger partial charge >= 0.3 is 0 Å². The summed E-state index contributed by atoms with van der Waals surface area (Å²) in [5.41, 5.74) is 6.46. The minimum absolute atomic E-state index is 0.000695. The van der Waals surface area contributed by atoms with Crippen molar-refractivity contribution in [2.24, 2.45) is 0 Å². The molecule has 11 aromatic carbocycles. The van der Waals surface area contributed by atoms with Crippen molar-refractivity contribution in [1.82, 2.24) is 0 Å². The quantitative estimate of drug-likeness (QED) is 0.139. The third-order valence-electron chi connectivity index (χ3n) is 11.4. The van der Waals surface area contributed by atoms with Crippen LogP contribution in [-0.2, 0) is 0 Å². The molecule has 0 unspecified atom stereocenters. The van der Waals surface area contributed by atoms with Gasteiger partial charge in [0.15, 0.2) is 0 Å². The Bertz CT molecular complexity index is 3720. The molecule has 0 aliphatic carbocycles. The Kier molecular flexibility index (Phi) is 7.50. The molecule has 0 atom stereocenters. The fourth-order valence-corrected chi connectivity index (χ4v) is 8.44. The van der Waals surface area contributed by atoms with E-state index < -0.39 is 0 Å². The molecule has 0 saturated carbocycles. The van der Waals surface area contributed by atoms with Crippen LogP contribution >= 0.6 is 0 Å². The maximum atomic E-state index is 9.94. The minimum Gasteiger partial charge on any atom is -0.310 e. The molecule has 0 aliphatic rings. The average Bonchev–Trinajstić information content (AvgIpc) is 3.39. The Labute approximate surface area is 366 Å². The van der Waals surface area contributed by atoms with Gasteiger partial charge in [0.1, 0.15) is 0 Å². The van der Waals surface area contributed by atoms with Gasteiger partial charge in [0.05, 0.1) is 15.3 Å². The number of benzene rings is 11. The van der Waals surface area contributed by atoms with Gasteiger partial charge in [-0.25, -0.2) is 0 Å². The Morgan fingerprint density at radius 3 is 1.54 bits per heavy atom. The minimum atomic E-state index is -0.331. The molecule has 0 saturated heterocycles. The summed E-state index contributed by atoms with van der Waals surface area (Å²) in [6.45, 7) is 0. The lowest BCUT2D eigenvalue weighted by Gasteiger charge is -2.29. The van der Waals surface area contributed by atoms with Crippen LogP contribution in [0.1, 0.15) is 9.60 Å². The first kappa shape index (κ1) is 29.2. The normalized spacial score (nSPS) is 12.9. The topological polar surface area (TPSA) is 3.24 Å². The van der Waals surface area contributed by atoms with Crippen LogP contribution in [0.2, 0.25) is 0 Å². The molecule has 0 aliphatic heterocycles. The fraction of sp³-hybridized carbons (Fsp3) is 0. The van der Waals surface area contributed by atoms with Crippen molar-refractivity contribution in [1.29, 1.82) is 0 Å². The molecule has 0 amide bonds. The third kappa shape index (κ3) is 6.83. The molecule has 1 nitrogen and oxygen atoms in total. The molecule has 11 aromatic rings. The molecule has 0 bridgehead atoms. The maximum absolute atomic E-state index is 9.94. The number of anilines is 3. The SMILES string of the molecule is [2H]c1c([2H])c(N(c2ccc(-c3ccc4c(ccc5ccccc54)c3)cc2)c2c([2H])c([2H])c(-c3ccc4ccccc4c3-c3ccccc3)c([2H])c2[2H])c(-c2ccccc2)c([2H])c1-c1ccccc1. The Morgan fingerprint density at radius 2 is 0.820 bits per heavy atom. The lowest BCUT2D eigenvalue weighted by atomic mass is 9.89. The van der Waals surface area contributed by atoms with Gasteiger partial charge in [-0.15, -0.1) is 0 Å². The zero-order valence-corrected chi connectivity index (χ0v) is 33.1. The van der Waals surface area contributed by atoms with Crippen LogP contribution in [0.4, 0.5) is 17.1 Å². The van der Waals surface area contributed by atoms with Crippen LogP contribution in [0.15, 0.2) is 249 Å². The second-order valence-corrected chi connectivity index (χ2v) is 15.1. The van der Waals surface area contributed by atoms with Gasteiger partial charge in [-0.2, -0.15) is 0 Å². The van der Waals surface area contributed by atoms with Gasteiger partial charge in [0, 0.05) is 16.9 Å². The second kappa shape index (κ2) is 15.6.